The van der Waals surface area contributed by atoms with Crippen LogP contribution in [0.1, 0.15) is 182 Å². The standard InChI is InChI=1S/C94H95BN4/c1-88(2,3)62-32-44-81-71(52-62)69-22-18-20-24-79(69)98(81)67-38-42-77-83(56-67)96(65-34-26-58(27-35-65)60-30-40-73-75(50-60)93(14,15)48-46-91(73,10)11)85-54-64(90(7,8)9)55-86-87(85)95(77)78-43-39-68(99-80-25-21-19-23-70(80)72-53-63(89(4,5)6)33-45-82(72)99)57-84(78)97(86)66-36-28-59(29-37-66)61-31-41-74-76(51-61)94(16,17)49-47-92(74,12)13/h18-45,50-57H,46-49H2,1-17H3. The minimum Gasteiger partial charge on any atom is -0.311 e. The molecule has 0 bridgehead atoms. The molecule has 0 saturated heterocycles. The van der Waals surface area contributed by atoms with Crippen molar-refractivity contribution in [2.45, 2.75) is 181 Å². The van der Waals surface area contributed by atoms with E-state index in [9.17, 15) is 0 Å². The van der Waals surface area contributed by atoms with Gasteiger partial charge in [-0.1, -0.05) is 239 Å². The van der Waals surface area contributed by atoms with Gasteiger partial charge in [0.1, 0.15) is 0 Å². The first-order valence-corrected chi connectivity index (χ1v) is 36.6. The summed E-state index contributed by atoms with van der Waals surface area (Å²) in [5.41, 5.74) is 33.2. The van der Waals surface area contributed by atoms with Crippen LogP contribution in [0.5, 0.6) is 0 Å². The molecule has 11 aromatic carbocycles. The van der Waals surface area contributed by atoms with Crippen LogP contribution in [0.3, 0.4) is 0 Å². The second-order valence-corrected chi connectivity index (χ2v) is 35.6. The molecule has 2 aliphatic heterocycles. The Balaban J connectivity index is 0.918. The molecular formula is C94H95BN4. The Morgan fingerprint density at radius 2 is 0.626 bits per heavy atom. The summed E-state index contributed by atoms with van der Waals surface area (Å²) in [6.45, 7) is 40.5. The lowest BCUT2D eigenvalue weighted by molar-refractivity contribution is 0.332. The van der Waals surface area contributed by atoms with Gasteiger partial charge in [-0.15, -0.1) is 0 Å². The number of hydrogen-bond acceptors (Lipinski definition) is 2. The average Bonchev–Trinajstić information content (AvgIpc) is 0.937. The third-order valence-electron chi connectivity index (χ3n) is 24.1. The first kappa shape index (κ1) is 63.2. The van der Waals surface area contributed by atoms with Gasteiger partial charge in [-0.2, -0.15) is 0 Å². The Labute approximate surface area is 588 Å². The monoisotopic (exact) mass is 1290 g/mol. The highest BCUT2D eigenvalue weighted by Gasteiger charge is 2.46. The van der Waals surface area contributed by atoms with Crippen molar-refractivity contribution in [3.05, 3.63) is 257 Å². The van der Waals surface area contributed by atoms with Gasteiger partial charge in [-0.25, -0.2) is 0 Å². The minimum atomic E-state index is -0.219. The largest absolute Gasteiger partial charge is 0.311 e. The van der Waals surface area contributed by atoms with E-state index in [1.165, 1.54) is 170 Å². The quantitative estimate of drug-likeness (QED) is 0.154. The molecule has 4 nitrogen and oxygen atoms in total. The summed E-state index contributed by atoms with van der Waals surface area (Å²) in [6, 6.07) is 86.2. The zero-order valence-corrected chi connectivity index (χ0v) is 61.5. The molecule has 494 valence electrons. The van der Waals surface area contributed by atoms with Gasteiger partial charge in [0, 0.05) is 67.0 Å². The fraction of sp³-hybridized carbons (Fsp3) is 0.298. The van der Waals surface area contributed by atoms with Crippen molar-refractivity contribution in [3.63, 3.8) is 0 Å². The predicted octanol–water partition coefficient (Wildman–Crippen LogP) is 23.9. The lowest BCUT2D eigenvalue weighted by Gasteiger charge is -2.45. The number of para-hydroxylation sites is 2. The number of benzene rings is 11. The first-order valence-electron chi connectivity index (χ1n) is 36.6. The van der Waals surface area contributed by atoms with Crippen LogP contribution in [0, 0.1) is 0 Å². The van der Waals surface area contributed by atoms with E-state index in [4.69, 9.17) is 0 Å². The van der Waals surface area contributed by atoms with E-state index >= 15 is 0 Å². The van der Waals surface area contributed by atoms with Crippen molar-refractivity contribution in [2.24, 2.45) is 0 Å². The smallest absolute Gasteiger partial charge is 0.252 e. The van der Waals surface area contributed by atoms with E-state index in [0.717, 1.165) is 22.7 Å². The number of fused-ring (bicyclic) bond motifs is 12. The van der Waals surface area contributed by atoms with Crippen LogP contribution in [0.15, 0.2) is 218 Å². The van der Waals surface area contributed by atoms with Crippen molar-refractivity contribution >= 4 is 101 Å². The first-order chi connectivity index (χ1) is 46.9. The zero-order chi connectivity index (χ0) is 69.0. The molecular weight excluding hydrogens is 1200 g/mol. The molecule has 0 saturated carbocycles. The van der Waals surface area contributed by atoms with Crippen molar-refractivity contribution in [1.29, 1.82) is 0 Å². The third kappa shape index (κ3) is 9.96. The third-order valence-corrected chi connectivity index (χ3v) is 24.1. The summed E-state index contributed by atoms with van der Waals surface area (Å²) in [4.78, 5) is 5.28. The summed E-state index contributed by atoms with van der Waals surface area (Å²) in [6.07, 6.45) is 4.75. The fourth-order valence-electron chi connectivity index (χ4n) is 17.8. The van der Waals surface area contributed by atoms with Crippen molar-refractivity contribution in [3.8, 4) is 33.6 Å². The summed E-state index contributed by atoms with van der Waals surface area (Å²) >= 11 is 0. The zero-order valence-electron chi connectivity index (χ0n) is 61.5. The summed E-state index contributed by atoms with van der Waals surface area (Å²) in [5, 5.41) is 5.09. The Hall–Kier alpha value is -9.32. The molecule has 0 unspecified atom stereocenters. The van der Waals surface area contributed by atoms with Gasteiger partial charge < -0.3 is 18.9 Å². The topological polar surface area (TPSA) is 16.3 Å². The average molecular weight is 1290 g/mol. The van der Waals surface area contributed by atoms with Crippen LogP contribution in [0.4, 0.5) is 34.1 Å². The highest BCUT2D eigenvalue weighted by atomic mass is 15.2. The van der Waals surface area contributed by atoms with E-state index in [1.807, 2.05) is 0 Å². The highest BCUT2D eigenvalue weighted by Crippen LogP contribution is 2.52. The lowest BCUT2D eigenvalue weighted by atomic mass is 9.33. The molecule has 2 aliphatic carbocycles. The van der Waals surface area contributed by atoms with Crippen molar-refractivity contribution in [1.82, 2.24) is 9.13 Å². The number of rotatable bonds is 6. The Morgan fingerprint density at radius 3 is 1.01 bits per heavy atom. The summed E-state index contributed by atoms with van der Waals surface area (Å²) < 4.78 is 5.05. The SMILES string of the molecule is CC(C)(C)c1cc2c3c(c1)N(c1ccc(-c4ccc5c(c4)C(C)(C)CCC5(C)C)cc1)c1cc(-n4c5ccccc5c5cc(C(C)(C)C)ccc54)ccc1B3c1ccc(-n3c4ccccc4c4cc(C(C)(C)C)ccc43)cc1N2c1ccc(-c2ccc3c(c2)C(C)(C)CCC3(C)C)cc1. The van der Waals surface area contributed by atoms with Gasteiger partial charge in [-0.3, -0.25) is 0 Å². The van der Waals surface area contributed by atoms with Crippen LogP contribution >= 0.6 is 0 Å². The van der Waals surface area contributed by atoms with Crippen LogP contribution < -0.4 is 26.2 Å². The molecule has 13 aromatic rings. The van der Waals surface area contributed by atoms with Gasteiger partial charge >= 0.3 is 0 Å². The van der Waals surface area contributed by atoms with Crippen molar-refractivity contribution < 1.29 is 0 Å². The van der Waals surface area contributed by atoms with E-state index in [-0.39, 0.29) is 44.6 Å². The minimum absolute atomic E-state index is 0.00224. The second-order valence-electron chi connectivity index (χ2n) is 35.6. The normalized spacial score (nSPS) is 16.6. The number of nitrogens with zero attached hydrogens (tertiary/aromatic N) is 4. The molecule has 4 aliphatic rings. The van der Waals surface area contributed by atoms with Crippen LogP contribution in [0.25, 0.3) is 77.2 Å². The maximum absolute atomic E-state index is 2.64. The maximum atomic E-state index is 2.64. The summed E-state index contributed by atoms with van der Waals surface area (Å²) in [7, 11) is 0. The Bertz CT molecular complexity index is 5170. The van der Waals surface area contributed by atoms with Gasteiger partial charge in [0.2, 0.25) is 0 Å². The van der Waals surface area contributed by atoms with Crippen LogP contribution in [-0.2, 0) is 37.9 Å². The second kappa shape index (κ2) is 21.6. The van der Waals surface area contributed by atoms with Gasteiger partial charge in [-0.05, 0) is 238 Å². The molecule has 0 spiro atoms. The van der Waals surface area contributed by atoms with Crippen LogP contribution in [-0.4, -0.2) is 15.8 Å². The Kier molecular flexibility index (Phi) is 13.8. The van der Waals surface area contributed by atoms with E-state index in [1.54, 1.807) is 0 Å². The number of hydrogen-bond donors (Lipinski definition) is 0. The molecule has 0 fully saturated rings. The molecule has 17 rings (SSSR count). The molecule has 0 N–H and O–H groups in total. The molecule has 0 amide bonds. The molecule has 4 heterocycles. The maximum Gasteiger partial charge on any atom is 0.252 e. The molecule has 2 aromatic heterocycles. The molecule has 0 radical (unpaired) electrons. The number of aromatic nitrogens is 2. The predicted molar refractivity (Wildman–Crippen MR) is 427 cm³/mol. The van der Waals surface area contributed by atoms with Gasteiger partial charge in [0.15, 0.2) is 0 Å². The van der Waals surface area contributed by atoms with E-state index in [2.05, 4.69) is 355 Å². The molecule has 5 heteroatoms. The summed E-state index contributed by atoms with van der Waals surface area (Å²) in [5.74, 6) is 0. The van der Waals surface area contributed by atoms with E-state index < -0.39 is 0 Å². The van der Waals surface area contributed by atoms with E-state index in [0.29, 0.717) is 0 Å². The van der Waals surface area contributed by atoms with Gasteiger partial charge in [0.25, 0.3) is 6.71 Å². The van der Waals surface area contributed by atoms with Crippen LogP contribution in [0.2, 0.25) is 0 Å². The molecule has 0 atom stereocenters. The highest BCUT2D eigenvalue weighted by molar-refractivity contribution is 7.00. The Morgan fingerprint density at radius 1 is 0.283 bits per heavy atom. The molecule has 99 heavy (non-hydrogen) atoms. The fourth-order valence-corrected chi connectivity index (χ4v) is 17.8. The number of anilines is 6. The van der Waals surface area contributed by atoms with Gasteiger partial charge in [0.05, 0.1) is 22.1 Å². The lowest BCUT2D eigenvalue weighted by Crippen LogP contribution is -2.61. The van der Waals surface area contributed by atoms with Crippen molar-refractivity contribution in [2.75, 3.05) is 9.80 Å².